The summed E-state index contributed by atoms with van der Waals surface area (Å²) >= 11 is 0. The van der Waals surface area contributed by atoms with E-state index in [2.05, 4.69) is 35.8 Å². The maximum Gasteiger partial charge on any atom is 0.407 e. The lowest BCUT2D eigenvalue weighted by molar-refractivity contribution is -0.157. The number of esters is 1. The average molecular weight is 767 g/mol. The second-order valence-corrected chi connectivity index (χ2v) is 13.9. The van der Waals surface area contributed by atoms with Gasteiger partial charge in [0.1, 0.15) is 26.5 Å². The summed E-state index contributed by atoms with van der Waals surface area (Å²) in [7, 11) is 0. The first-order valence-electron chi connectivity index (χ1n) is 19.2. The monoisotopic (exact) mass is 766 g/mol. The molecule has 2 aromatic heterocycles. The van der Waals surface area contributed by atoms with Crippen LogP contribution in [0.25, 0.3) is 44.2 Å². The SMILES string of the molecule is CC.CCc1c2c(nc3ccc4ccc(COCNC(=O)CNC(=O)OCC5c6ccccc6-c6ccccc65)cc4c13)-c1cc3c(c(=O)n1C2)COC(=O)C3O. The summed E-state index contributed by atoms with van der Waals surface area (Å²) in [4.78, 5) is 55.6. The van der Waals surface area contributed by atoms with Crippen LogP contribution in [-0.2, 0) is 50.0 Å². The van der Waals surface area contributed by atoms with E-state index in [0.717, 1.165) is 60.6 Å². The van der Waals surface area contributed by atoms with Crippen LogP contribution >= 0.6 is 0 Å². The van der Waals surface area contributed by atoms with E-state index in [9.17, 15) is 24.3 Å². The topological polar surface area (TPSA) is 158 Å². The van der Waals surface area contributed by atoms with Crippen molar-refractivity contribution in [3.05, 3.63) is 134 Å². The second kappa shape index (κ2) is 15.6. The molecule has 2 aliphatic heterocycles. The number of aliphatic hydroxyl groups is 1. The molecule has 0 saturated carbocycles. The number of carbonyl (C=O) groups excluding carboxylic acids is 3. The van der Waals surface area contributed by atoms with Crippen LogP contribution in [0.4, 0.5) is 4.79 Å². The van der Waals surface area contributed by atoms with Gasteiger partial charge >= 0.3 is 12.1 Å². The highest BCUT2D eigenvalue weighted by Crippen LogP contribution is 2.45. The maximum absolute atomic E-state index is 13.5. The van der Waals surface area contributed by atoms with Gasteiger partial charge in [0, 0.05) is 22.4 Å². The van der Waals surface area contributed by atoms with Crippen molar-refractivity contribution in [2.24, 2.45) is 0 Å². The van der Waals surface area contributed by atoms with Crippen molar-refractivity contribution < 1.29 is 33.7 Å². The van der Waals surface area contributed by atoms with Crippen LogP contribution in [0.2, 0.25) is 0 Å². The zero-order valence-electron chi connectivity index (χ0n) is 31.9. The van der Waals surface area contributed by atoms with Gasteiger partial charge in [-0.15, -0.1) is 0 Å². The Bertz CT molecular complexity index is 2610. The average Bonchev–Trinajstić information content (AvgIpc) is 3.77. The predicted molar refractivity (Wildman–Crippen MR) is 214 cm³/mol. The first-order chi connectivity index (χ1) is 27.8. The summed E-state index contributed by atoms with van der Waals surface area (Å²) in [5.41, 5.74) is 9.62. The number of carbonyl (C=O) groups is 3. The third-order valence-corrected chi connectivity index (χ3v) is 10.8. The van der Waals surface area contributed by atoms with Crippen molar-refractivity contribution in [2.75, 3.05) is 19.9 Å². The number of aromatic nitrogens is 2. The molecule has 6 aromatic rings. The minimum absolute atomic E-state index is 0.0592. The molecule has 290 valence electrons. The summed E-state index contributed by atoms with van der Waals surface area (Å²) in [5, 5.41) is 18.7. The quantitative estimate of drug-likeness (QED) is 0.0656. The Hall–Kier alpha value is -6.37. The number of fused-ring (bicyclic) bond motifs is 10. The van der Waals surface area contributed by atoms with Crippen molar-refractivity contribution in [3.8, 4) is 22.5 Å². The van der Waals surface area contributed by atoms with E-state index >= 15 is 0 Å². The van der Waals surface area contributed by atoms with Gasteiger partial charge < -0.3 is 34.5 Å². The number of ether oxygens (including phenoxy) is 3. The molecule has 1 aliphatic carbocycles. The number of amides is 2. The Morgan fingerprint density at radius 1 is 0.912 bits per heavy atom. The van der Waals surface area contributed by atoms with Crippen LogP contribution in [0.1, 0.15) is 71.7 Å². The van der Waals surface area contributed by atoms with Gasteiger partial charge in [-0.25, -0.2) is 14.6 Å². The van der Waals surface area contributed by atoms with Crippen molar-refractivity contribution in [2.45, 2.75) is 59.0 Å². The Kier molecular flexibility index (Phi) is 10.3. The number of hydrogen-bond donors (Lipinski definition) is 3. The molecular weight excluding hydrogens is 725 g/mol. The van der Waals surface area contributed by atoms with Crippen LogP contribution in [-0.4, -0.2) is 52.5 Å². The van der Waals surface area contributed by atoms with Crippen LogP contribution in [0, 0.1) is 0 Å². The van der Waals surface area contributed by atoms with Crippen LogP contribution < -0.4 is 16.2 Å². The summed E-state index contributed by atoms with van der Waals surface area (Å²) in [6, 6.07) is 27.9. The normalized spacial score (nSPS) is 14.7. The van der Waals surface area contributed by atoms with Crippen molar-refractivity contribution in [3.63, 3.8) is 0 Å². The number of cyclic esters (lactones) is 1. The van der Waals surface area contributed by atoms with Gasteiger partial charge in [0.2, 0.25) is 5.91 Å². The highest BCUT2D eigenvalue weighted by molar-refractivity contribution is 6.09. The number of hydrogen-bond acceptors (Lipinski definition) is 9. The maximum atomic E-state index is 13.5. The number of alkyl carbamates (subject to hydrolysis) is 1. The molecule has 0 fully saturated rings. The fourth-order valence-electron chi connectivity index (χ4n) is 8.23. The molecule has 1 atom stereocenters. The highest BCUT2D eigenvalue weighted by atomic mass is 16.6. The number of nitrogens with zero attached hydrogens (tertiary/aromatic N) is 2. The largest absolute Gasteiger partial charge is 0.458 e. The molecule has 4 heterocycles. The zero-order chi connectivity index (χ0) is 39.8. The van der Waals surface area contributed by atoms with Crippen LogP contribution in [0.15, 0.2) is 89.7 Å². The molecule has 57 heavy (non-hydrogen) atoms. The molecule has 12 heteroatoms. The van der Waals surface area contributed by atoms with Crippen molar-refractivity contribution in [1.29, 1.82) is 0 Å². The van der Waals surface area contributed by atoms with Crippen molar-refractivity contribution >= 4 is 39.6 Å². The van der Waals surface area contributed by atoms with Gasteiger partial charge in [0.15, 0.2) is 6.10 Å². The summed E-state index contributed by atoms with van der Waals surface area (Å²) in [6.45, 7) is 6.28. The molecule has 0 spiro atoms. The molecule has 3 aliphatic rings. The smallest absolute Gasteiger partial charge is 0.407 e. The lowest BCUT2D eigenvalue weighted by atomic mass is 9.93. The number of pyridine rings is 2. The van der Waals surface area contributed by atoms with Crippen LogP contribution in [0.5, 0.6) is 0 Å². The molecule has 9 rings (SSSR count). The standard InChI is InChI=1S/C43H36N4O8.C2H6/c1-2-25-32-18-47-36(16-31-34(41(47)50)21-54-42(51)40(31)49)39(32)46-35-14-13-24-12-11-23(15-30(24)38(25)35)19-53-22-45-37(48)17-44-43(52)55-20-33-28-9-5-3-7-26(28)27-8-4-6-10-29(27)33;1-2/h3-16,33,40,49H,2,17-22H2,1H3,(H,44,52)(H,45,48);1-2H3. The van der Waals surface area contributed by atoms with E-state index in [0.29, 0.717) is 24.4 Å². The van der Waals surface area contributed by atoms with E-state index in [1.807, 2.05) is 74.5 Å². The fourth-order valence-corrected chi connectivity index (χ4v) is 8.23. The Balaban J connectivity index is 0.00000224. The van der Waals surface area contributed by atoms with Gasteiger partial charge in [-0.3, -0.25) is 9.59 Å². The first-order valence-corrected chi connectivity index (χ1v) is 19.2. The van der Waals surface area contributed by atoms with E-state index < -0.39 is 24.1 Å². The fraction of sp³-hybridized carbons (Fsp3) is 0.267. The van der Waals surface area contributed by atoms with Gasteiger partial charge in [0.25, 0.3) is 5.56 Å². The number of rotatable bonds is 9. The van der Waals surface area contributed by atoms with Gasteiger partial charge in [-0.2, -0.15) is 0 Å². The van der Waals surface area contributed by atoms with E-state index in [-0.39, 0.29) is 55.7 Å². The predicted octanol–water partition coefficient (Wildman–Crippen LogP) is 6.39. The summed E-state index contributed by atoms with van der Waals surface area (Å²) in [5.74, 6) is -1.26. The van der Waals surface area contributed by atoms with Gasteiger partial charge in [-0.1, -0.05) is 87.5 Å². The lowest BCUT2D eigenvalue weighted by Crippen LogP contribution is -2.38. The third-order valence-electron chi connectivity index (χ3n) is 10.8. The molecule has 1 unspecified atom stereocenters. The molecule has 4 aromatic carbocycles. The molecule has 0 radical (unpaired) electrons. The Labute approximate surface area is 328 Å². The summed E-state index contributed by atoms with van der Waals surface area (Å²) in [6.07, 6.45) is -1.50. The molecule has 0 saturated heterocycles. The highest BCUT2D eigenvalue weighted by Gasteiger charge is 2.35. The van der Waals surface area contributed by atoms with Crippen LogP contribution in [0.3, 0.4) is 0 Å². The van der Waals surface area contributed by atoms with Gasteiger partial charge in [0.05, 0.1) is 35.6 Å². The van der Waals surface area contributed by atoms with E-state index in [1.165, 1.54) is 0 Å². The number of nitrogens with one attached hydrogen (secondary N) is 2. The van der Waals surface area contributed by atoms with E-state index in [4.69, 9.17) is 19.2 Å². The molecular formula is C45H42N4O8. The minimum atomic E-state index is -1.51. The Morgan fingerprint density at radius 2 is 1.63 bits per heavy atom. The number of benzene rings is 4. The zero-order valence-corrected chi connectivity index (χ0v) is 31.9. The number of aryl methyl sites for hydroxylation is 1. The summed E-state index contributed by atoms with van der Waals surface area (Å²) < 4.78 is 18.0. The molecule has 2 amide bonds. The minimum Gasteiger partial charge on any atom is -0.458 e. The first kappa shape index (κ1) is 37.5. The third kappa shape index (κ3) is 6.70. The molecule has 12 nitrogen and oxygen atoms in total. The van der Waals surface area contributed by atoms with Gasteiger partial charge in [-0.05, 0) is 68.8 Å². The van der Waals surface area contributed by atoms with E-state index in [1.54, 1.807) is 10.6 Å². The molecule has 3 N–H and O–H groups in total. The van der Waals surface area contributed by atoms with Crippen molar-refractivity contribution in [1.82, 2.24) is 20.2 Å². The Morgan fingerprint density at radius 3 is 2.37 bits per heavy atom. The molecule has 0 bridgehead atoms. The lowest BCUT2D eigenvalue weighted by Gasteiger charge is -2.21. The second-order valence-electron chi connectivity index (χ2n) is 13.9. The number of aliphatic hydroxyl groups excluding tert-OH is 1.